The van der Waals surface area contributed by atoms with Crippen molar-refractivity contribution in [2.24, 2.45) is 0 Å². The lowest BCUT2D eigenvalue weighted by atomic mass is 9.83. The van der Waals surface area contributed by atoms with Crippen molar-refractivity contribution in [3.05, 3.63) is 56.4 Å². The molecular weight excluding hydrogens is 310 g/mol. The fourth-order valence-corrected chi connectivity index (χ4v) is 3.19. The predicted molar refractivity (Wildman–Crippen MR) is 87.2 cm³/mol. The Morgan fingerprint density at radius 3 is 2.91 bits per heavy atom. The summed E-state index contributed by atoms with van der Waals surface area (Å²) < 4.78 is 5.01. The largest absolute Gasteiger partial charge is 0.377 e. The Morgan fingerprint density at radius 1 is 1.26 bits per heavy atom. The van der Waals surface area contributed by atoms with Crippen LogP contribution in [0.3, 0.4) is 0 Å². The van der Waals surface area contributed by atoms with E-state index in [-0.39, 0.29) is 5.89 Å². The summed E-state index contributed by atoms with van der Waals surface area (Å²) in [5, 5.41) is 5.13. The highest BCUT2D eigenvalue weighted by atomic mass is 32.1. The summed E-state index contributed by atoms with van der Waals surface area (Å²) in [5.74, 6) is 7.11. The molecule has 0 unspecified atom stereocenters. The van der Waals surface area contributed by atoms with E-state index in [9.17, 15) is 4.79 Å². The van der Waals surface area contributed by atoms with Gasteiger partial charge in [-0.25, -0.2) is 9.78 Å². The van der Waals surface area contributed by atoms with Gasteiger partial charge < -0.3 is 4.52 Å². The number of aromatic nitrogens is 3. The van der Waals surface area contributed by atoms with E-state index in [1.807, 2.05) is 24.3 Å². The minimum atomic E-state index is -0.497. The second-order valence-electron chi connectivity index (χ2n) is 5.46. The average molecular weight is 323 g/mol. The zero-order valence-electron chi connectivity index (χ0n) is 12.2. The normalized spacial score (nSPS) is 14.1. The first-order valence-electron chi connectivity index (χ1n) is 7.41. The van der Waals surface area contributed by atoms with E-state index in [1.165, 1.54) is 25.0 Å². The van der Waals surface area contributed by atoms with E-state index in [0.717, 1.165) is 10.6 Å². The topological polar surface area (TPSA) is 71.8 Å². The maximum atomic E-state index is 11.1. The van der Waals surface area contributed by atoms with E-state index < -0.39 is 5.69 Å². The number of thiazole rings is 1. The van der Waals surface area contributed by atoms with Crippen LogP contribution in [-0.2, 0) is 0 Å². The first-order chi connectivity index (χ1) is 11.3. The van der Waals surface area contributed by atoms with Crippen LogP contribution in [0.25, 0.3) is 11.5 Å². The van der Waals surface area contributed by atoms with Gasteiger partial charge in [-0.1, -0.05) is 18.4 Å². The van der Waals surface area contributed by atoms with Gasteiger partial charge in [-0.05, 0) is 37.0 Å². The third-order valence-corrected chi connectivity index (χ3v) is 4.68. The number of nitrogens with one attached hydrogen (secondary N) is 1. The molecule has 1 fully saturated rings. The van der Waals surface area contributed by atoms with Crippen molar-refractivity contribution in [2.75, 3.05) is 0 Å². The fourth-order valence-electron chi connectivity index (χ4n) is 2.44. The summed E-state index contributed by atoms with van der Waals surface area (Å²) in [7, 11) is 0. The maximum Gasteiger partial charge on any atom is 0.377 e. The van der Waals surface area contributed by atoms with Crippen LogP contribution >= 0.6 is 11.3 Å². The molecule has 0 aliphatic heterocycles. The first-order valence-corrected chi connectivity index (χ1v) is 8.29. The van der Waals surface area contributed by atoms with E-state index in [4.69, 9.17) is 4.52 Å². The summed E-state index contributed by atoms with van der Waals surface area (Å²) in [6, 6.07) is 7.42. The molecule has 0 atom stereocenters. The number of H-pyrrole nitrogens is 1. The van der Waals surface area contributed by atoms with Gasteiger partial charge in [-0.3, -0.25) is 0 Å². The molecule has 1 aliphatic carbocycles. The highest BCUT2D eigenvalue weighted by Crippen LogP contribution is 2.36. The van der Waals surface area contributed by atoms with Crippen LogP contribution in [0.1, 0.15) is 41.4 Å². The molecule has 3 aromatic rings. The summed E-state index contributed by atoms with van der Waals surface area (Å²) in [6.07, 6.45) is 3.79. The Kier molecular flexibility index (Phi) is 3.56. The van der Waals surface area contributed by atoms with Crippen molar-refractivity contribution in [2.45, 2.75) is 25.2 Å². The molecule has 4 rings (SSSR count). The molecule has 0 bridgehead atoms. The molecule has 23 heavy (non-hydrogen) atoms. The molecule has 0 saturated heterocycles. The molecule has 1 saturated carbocycles. The summed E-state index contributed by atoms with van der Waals surface area (Å²) in [5.41, 5.74) is 2.22. The number of nitrogens with zero attached hydrogens (tertiary/aromatic N) is 2. The van der Waals surface area contributed by atoms with Crippen LogP contribution in [0.5, 0.6) is 0 Å². The second kappa shape index (κ2) is 5.86. The van der Waals surface area contributed by atoms with Gasteiger partial charge in [0.2, 0.25) is 0 Å². The van der Waals surface area contributed by atoms with E-state index in [2.05, 4.69) is 32.3 Å². The highest BCUT2D eigenvalue weighted by molar-refractivity contribution is 7.10. The number of hydrogen-bond acceptors (Lipinski definition) is 5. The summed E-state index contributed by atoms with van der Waals surface area (Å²) >= 11 is 1.59. The summed E-state index contributed by atoms with van der Waals surface area (Å²) in [4.78, 5) is 19.4. The standard InChI is InChI=1S/C17H13N3O2S/c21-17-19-16(22-20-17)13-6-1-3-11(9-13)7-8-15-18-14(10-23-15)12-4-2-5-12/h1,3,6,9-10,12H,2,4-5H2,(H,20,21). The Hall–Kier alpha value is -2.65. The van der Waals surface area contributed by atoms with E-state index in [1.54, 1.807) is 11.3 Å². The molecule has 2 heterocycles. The van der Waals surface area contributed by atoms with Crippen molar-refractivity contribution < 1.29 is 4.52 Å². The zero-order valence-corrected chi connectivity index (χ0v) is 13.0. The average Bonchev–Trinajstić information content (AvgIpc) is 3.13. The molecular formula is C17H13N3O2S. The van der Waals surface area contributed by atoms with Gasteiger partial charge in [0.1, 0.15) is 0 Å². The molecule has 1 aromatic carbocycles. The maximum absolute atomic E-state index is 11.1. The van der Waals surface area contributed by atoms with Crippen molar-refractivity contribution in [3.63, 3.8) is 0 Å². The number of hydrogen-bond donors (Lipinski definition) is 1. The third-order valence-electron chi connectivity index (χ3n) is 3.91. The predicted octanol–water partition coefficient (Wildman–Crippen LogP) is 3.15. The van der Waals surface area contributed by atoms with Gasteiger partial charge in [-0.15, -0.1) is 11.3 Å². The van der Waals surface area contributed by atoms with Crippen molar-refractivity contribution in [3.8, 4) is 23.3 Å². The van der Waals surface area contributed by atoms with Crippen LogP contribution in [-0.4, -0.2) is 15.1 Å². The fraction of sp³-hybridized carbons (Fsp3) is 0.235. The molecule has 114 valence electrons. The van der Waals surface area contributed by atoms with Gasteiger partial charge >= 0.3 is 5.69 Å². The van der Waals surface area contributed by atoms with Crippen LogP contribution in [0, 0.1) is 11.8 Å². The lowest BCUT2D eigenvalue weighted by molar-refractivity contribution is 0.412. The third kappa shape index (κ3) is 2.96. The Labute approximate surface area is 136 Å². The van der Waals surface area contributed by atoms with Crippen LogP contribution in [0.2, 0.25) is 0 Å². The molecule has 0 amide bonds. The first kappa shape index (κ1) is 14.0. The zero-order chi connectivity index (χ0) is 15.6. The van der Waals surface area contributed by atoms with E-state index in [0.29, 0.717) is 11.5 Å². The van der Waals surface area contributed by atoms with Gasteiger partial charge in [0.15, 0.2) is 5.01 Å². The number of benzene rings is 1. The van der Waals surface area contributed by atoms with E-state index >= 15 is 0 Å². The van der Waals surface area contributed by atoms with Crippen molar-refractivity contribution >= 4 is 11.3 Å². The molecule has 5 nitrogen and oxygen atoms in total. The van der Waals surface area contributed by atoms with Crippen LogP contribution in [0.15, 0.2) is 39.0 Å². The number of rotatable bonds is 2. The monoisotopic (exact) mass is 323 g/mol. The molecule has 0 spiro atoms. The SMILES string of the molecule is O=c1nc(-c2cccc(C#Cc3nc(C4CCC4)cs3)c2)o[nH]1. The van der Waals surface area contributed by atoms with Gasteiger partial charge in [0.05, 0.1) is 5.69 Å². The Bertz CT molecular complexity index is 954. The molecule has 0 radical (unpaired) electrons. The highest BCUT2D eigenvalue weighted by Gasteiger charge is 2.21. The lowest BCUT2D eigenvalue weighted by Gasteiger charge is -2.22. The lowest BCUT2D eigenvalue weighted by Crippen LogP contribution is -2.08. The number of aromatic amines is 1. The Morgan fingerprint density at radius 2 is 2.17 bits per heavy atom. The molecule has 2 aromatic heterocycles. The molecule has 6 heteroatoms. The van der Waals surface area contributed by atoms with Gasteiger partial charge in [-0.2, -0.15) is 10.1 Å². The second-order valence-corrected chi connectivity index (χ2v) is 6.32. The minimum Gasteiger partial charge on any atom is -0.357 e. The smallest absolute Gasteiger partial charge is 0.357 e. The van der Waals surface area contributed by atoms with Crippen molar-refractivity contribution in [1.82, 2.24) is 15.1 Å². The van der Waals surface area contributed by atoms with Gasteiger partial charge in [0, 0.05) is 22.4 Å². The van der Waals surface area contributed by atoms with Crippen LogP contribution < -0.4 is 5.69 Å². The van der Waals surface area contributed by atoms with Crippen LogP contribution in [0.4, 0.5) is 0 Å². The summed E-state index contributed by atoms with van der Waals surface area (Å²) in [6.45, 7) is 0. The minimum absolute atomic E-state index is 0.264. The quantitative estimate of drug-likeness (QED) is 0.735. The molecule has 1 N–H and O–H groups in total. The Balaban J connectivity index is 1.57. The van der Waals surface area contributed by atoms with Crippen molar-refractivity contribution in [1.29, 1.82) is 0 Å². The molecule has 1 aliphatic rings. The van der Waals surface area contributed by atoms with Gasteiger partial charge in [0.25, 0.3) is 5.89 Å².